The third-order valence-corrected chi connectivity index (χ3v) is 6.87. The number of hydrogen-bond acceptors (Lipinski definition) is 6. The van der Waals surface area contributed by atoms with E-state index in [2.05, 4.69) is 52.6 Å². The third kappa shape index (κ3) is 5.01. The number of anilines is 2. The molecule has 3 aromatic rings. The molecule has 0 aliphatic carbocycles. The molecule has 2 heterocycles. The maximum absolute atomic E-state index is 13.1. The van der Waals surface area contributed by atoms with Gasteiger partial charge in [0, 0.05) is 63.0 Å². The van der Waals surface area contributed by atoms with Crippen LogP contribution in [-0.4, -0.2) is 55.7 Å². The number of rotatable bonds is 8. The summed E-state index contributed by atoms with van der Waals surface area (Å²) in [6.45, 7) is 8.61. The molecule has 0 radical (unpaired) electrons. The van der Waals surface area contributed by atoms with Crippen LogP contribution >= 0.6 is 0 Å². The van der Waals surface area contributed by atoms with Gasteiger partial charge in [-0.15, -0.1) is 0 Å². The van der Waals surface area contributed by atoms with Crippen LogP contribution in [0.15, 0.2) is 48.7 Å². The van der Waals surface area contributed by atoms with Crippen LogP contribution in [0.25, 0.3) is 11.1 Å². The lowest BCUT2D eigenvalue weighted by molar-refractivity contribution is -0.114. The maximum atomic E-state index is 13.1. The minimum atomic E-state index is -0.272. The predicted octanol–water partition coefficient (Wildman–Crippen LogP) is 4.89. The molecule has 1 amide bonds. The van der Waals surface area contributed by atoms with E-state index >= 15 is 0 Å². The first-order valence-corrected chi connectivity index (χ1v) is 11.8. The zero-order valence-corrected chi connectivity index (χ0v) is 21.4. The van der Waals surface area contributed by atoms with E-state index in [0.29, 0.717) is 18.0 Å². The Hall–Kier alpha value is -3.42. The monoisotopic (exact) mass is 474 g/mol. The molecule has 0 bridgehead atoms. The van der Waals surface area contributed by atoms with Crippen molar-refractivity contribution in [1.29, 1.82) is 0 Å². The van der Waals surface area contributed by atoms with Crippen LogP contribution in [-0.2, 0) is 11.3 Å². The predicted molar refractivity (Wildman–Crippen MR) is 140 cm³/mol. The summed E-state index contributed by atoms with van der Waals surface area (Å²) >= 11 is 0. The van der Waals surface area contributed by atoms with Gasteiger partial charge < -0.3 is 20.1 Å². The van der Waals surface area contributed by atoms with Crippen molar-refractivity contribution in [3.63, 3.8) is 0 Å². The second-order valence-corrected chi connectivity index (χ2v) is 9.34. The number of nitrogens with zero attached hydrogens (tertiary/aromatic N) is 2. The number of amides is 1. The van der Waals surface area contributed by atoms with Gasteiger partial charge in [-0.2, -0.15) is 0 Å². The second-order valence-electron chi connectivity index (χ2n) is 9.34. The molecule has 0 saturated carbocycles. The summed E-state index contributed by atoms with van der Waals surface area (Å²) in [5.41, 5.74) is 7.37. The summed E-state index contributed by atoms with van der Waals surface area (Å²) in [5.74, 6) is 0.382. The Labute approximate surface area is 207 Å². The molecule has 1 aromatic heterocycles. The average Bonchev–Trinajstić information content (AvgIpc) is 2.84. The number of benzene rings is 2. The summed E-state index contributed by atoms with van der Waals surface area (Å²) in [7, 11) is 5.28. The number of nitrogens with one attached hydrogen (secondary N) is 2. The van der Waals surface area contributed by atoms with Gasteiger partial charge in [0.1, 0.15) is 11.4 Å². The van der Waals surface area contributed by atoms with E-state index in [4.69, 9.17) is 9.47 Å². The van der Waals surface area contributed by atoms with Gasteiger partial charge in [0.2, 0.25) is 0 Å². The first-order valence-electron chi connectivity index (χ1n) is 11.8. The number of carbonyl (C=O) groups is 1. The van der Waals surface area contributed by atoms with Crippen LogP contribution in [0.3, 0.4) is 0 Å². The van der Waals surface area contributed by atoms with Gasteiger partial charge in [0.05, 0.1) is 12.7 Å². The SMILES string of the molecule is CNc1cccc(-c2cccc(NC(=O)c3cc(OC)c(CN4CC(C)(OC)C4)cn3)c2C)c1C. The molecule has 0 atom stereocenters. The van der Waals surface area contributed by atoms with E-state index in [0.717, 1.165) is 52.3 Å². The summed E-state index contributed by atoms with van der Waals surface area (Å²) < 4.78 is 11.1. The Balaban J connectivity index is 1.53. The number of pyridine rings is 1. The van der Waals surface area contributed by atoms with E-state index in [-0.39, 0.29) is 11.5 Å². The van der Waals surface area contributed by atoms with Gasteiger partial charge in [0.25, 0.3) is 5.91 Å². The van der Waals surface area contributed by atoms with E-state index in [9.17, 15) is 4.79 Å². The molecule has 4 rings (SSSR count). The van der Waals surface area contributed by atoms with Crippen LogP contribution in [0.2, 0.25) is 0 Å². The van der Waals surface area contributed by atoms with Crippen molar-refractivity contribution in [2.75, 3.05) is 45.0 Å². The summed E-state index contributed by atoms with van der Waals surface area (Å²) in [4.78, 5) is 19.8. The lowest BCUT2D eigenvalue weighted by atomic mass is 9.94. The van der Waals surface area contributed by atoms with E-state index in [1.807, 2.05) is 32.2 Å². The summed E-state index contributed by atoms with van der Waals surface area (Å²) in [6, 6.07) is 13.8. The molecule has 184 valence electrons. The van der Waals surface area contributed by atoms with Crippen LogP contribution < -0.4 is 15.4 Å². The number of hydrogen-bond donors (Lipinski definition) is 2. The molecule has 2 N–H and O–H groups in total. The number of carbonyl (C=O) groups excluding carboxylic acids is 1. The van der Waals surface area contributed by atoms with Crippen LogP contribution in [0.1, 0.15) is 34.1 Å². The summed E-state index contributed by atoms with van der Waals surface area (Å²) in [5, 5.41) is 6.27. The normalized spacial score (nSPS) is 14.8. The van der Waals surface area contributed by atoms with E-state index in [1.165, 1.54) is 0 Å². The van der Waals surface area contributed by atoms with Crippen molar-refractivity contribution >= 4 is 17.3 Å². The molecular formula is C28H34N4O3. The highest BCUT2D eigenvalue weighted by atomic mass is 16.5. The smallest absolute Gasteiger partial charge is 0.274 e. The van der Waals surface area contributed by atoms with Crippen molar-refractivity contribution in [1.82, 2.24) is 9.88 Å². The lowest BCUT2D eigenvalue weighted by Crippen LogP contribution is -2.60. The van der Waals surface area contributed by atoms with Gasteiger partial charge in [-0.25, -0.2) is 0 Å². The zero-order valence-electron chi connectivity index (χ0n) is 21.4. The quantitative estimate of drug-likeness (QED) is 0.484. The molecular weight excluding hydrogens is 440 g/mol. The minimum absolute atomic E-state index is 0.0974. The Morgan fingerprint density at radius 1 is 1.06 bits per heavy atom. The van der Waals surface area contributed by atoms with Crippen LogP contribution in [0, 0.1) is 13.8 Å². The Bertz CT molecular complexity index is 1230. The first kappa shape index (κ1) is 24.7. The molecule has 1 aliphatic rings. The number of likely N-dealkylation sites (tertiary alicyclic amines) is 1. The molecule has 35 heavy (non-hydrogen) atoms. The van der Waals surface area contributed by atoms with E-state index in [1.54, 1.807) is 26.5 Å². The summed E-state index contributed by atoms with van der Waals surface area (Å²) in [6.07, 6.45) is 1.73. The number of ether oxygens (including phenoxy) is 2. The van der Waals surface area contributed by atoms with Gasteiger partial charge >= 0.3 is 0 Å². The van der Waals surface area contributed by atoms with Crippen molar-refractivity contribution in [2.45, 2.75) is 32.9 Å². The van der Waals surface area contributed by atoms with E-state index < -0.39 is 0 Å². The average molecular weight is 475 g/mol. The van der Waals surface area contributed by atoms with Gasteiger partial charge in [0.15, 0.2) is 0 Å². The van der Waals surface area contributed by atoms with Crippen LogP contribution in [0.4, 0.5) is 11.4 Å². The van der Waals surface area contributed by atoms with Crippen molar-refractivity contribution in [3.05, 3.63) is 71.0 Å². The lowest BCUT2D eigenvalue weighted by Gasteiger charge is -2.47. The zero-order chi connectivity index (χ0) is 25.2. The molecule has 0 spiro atoms. The van der Waals surface area contributed by atoms with Crippen LogP contribution in [0.5, 0.6) is 5.75 Å². The second kappa shape index (κ2) is 10.1. The number of methoxy groups -OCH3 is 2. The van der Waals surface area contributed by atoms with Crippen molar-refractivity contribution in [3.8, 4) is 16.9 Å². The highest BCUT2D eigenvalue weighted by molar-refractivity contribution is 6.04. The minimum Gasteiger partial charge on any atom is -0.496 e. The molecule has 0 unspecified atom stereocenters. The van der Waals surface area contributed by atoms with Crippen molar-refractivity contribution < 1.29 is 14.3 Å². The molecule has 1 saturated heterocycles. The highest BCUT2D eigenvalue weighted by Crippen LogP contribution is 2.34. The fourth-order valence-electron chi connectivity index (χ4n) is 4.73. The van der Waals surface area contributed by atoms with Crippen molar-refractivity contribution in [2.24, 2.45) is 0 Å². The van der Waals surface area contributed by atoms with Gasteiger partial charge in [-0.1, -0.05) is 24.3 Å². The highest BCUT2D eigenvalue weighted by Gasteiger charge is 2.38. The Kier molecular flexibility index (Phi) is 7.10. The third-order valence-electron chi connectivity index (χ3n) is 6.87. The molecule has 7 nitrogen and oxygen atoms in total. The largest absolute Gasteiger partial charge is 0.496 e. The standard InChI is InChI=1S/C28H34N4O3/c1-18-21(9-7-11-23(18)29-4)22-10-8-12-24(19(22)2)31-27(33)25-13-26(34-5)20(14-30-25)15-32-16-28(3,17-32)35-6/h7-14,29H,15-17H2,1-6H3,(H,31,33). The molecule has 1 fully saturated rings. The Morgan fingerprint density at radius 3 is 2.29 bits per heavy atom. The van der Waals surface area contributed by atoms with Gasteiger partial charge in [-0.3, -0.25) is 14.7 Å². The topological polar surface area (TPSA) is 75.7 Å². The maximum Gasteiger partial charge on any atom is 0.274 e. The first-order chi connectivity index (χ1) is 16.8. The Morgan fingerprint density at radius 2 is 1.69 bits per heavy atom. The molecule has 2 aromatic carbocycles. The fraction of sp³-hybridized carbons (Fsp3) is 0.357. The fourth-order valence-corrected chi connectivity index (χ4v) is 4.73. The molecule has 1 aliphatic heterocycles. The molecule has 7 heteroatoms. The van der Waals surface area contributed by atoms with Gasteiger partial charge in [-0.05, 0) is 55.2 Å². The number of aromatic nitrogens is 1.